The minimum absolute atomic E-state index is 0.0713. The predicted molar refractivity (Wildman–Crippen MR) is 124 cm³/mol. The Hall–Kier alpha value is -3.66. The molecule has 0 saturated carbocycles. The number of anilines is 1. The number of amides is 2. The summed E-state index contributed by atoms with van der Waals surface area (Å²) >= 11 is 0. The van der Waals surface area contributed by atoms with E-state index in [0.717, 1.165) is 22.7 Å². The highest BCUT2D eigenvalue weighted by Crippen LogP contribution is 2.34. The molecule has 0 saturated heterocycles. The van der Waals surface area contributed by atoms with Gasteiger partial charge in [0, 0.05) is 35.0 Å². The number of carbonyl (C=O) groups is 1. The number of rotatable bonds is 6. The van der Waals surface area contributed by atoms with Gasteiger partial charge >= 0.3 is 6.03 Å². The van der Waals surface area contributed by atoms with Gasteiger partial charge in [-0.25, -0.2) is 14.7 Å². The van der Waals surface area contributed by atoms with E-state index in [4.69, 9.17) is 4.74 Å². The average Bonchev–Trinajstić information content (AvgIpc) is 3.37. The van der Waals surface area contributed by atoms with Crippen molar-refractivity contribution in [3.8, 4) is 11.4 Å². The first-order valence-corrected chi connectivity index (χ1v) is 10.7. The number of quaternary nitrogens is 1. The highest BCUT2D eigenvalue weighted by Gasteiger charge is 2.28. The van der Waals surface area contributed by atoms with Crippen LogP contribution in [0, 0.1) is 19.1 Å². The topological polar surface area (TPSA) is 116 Å². The monoisotopic (exact) mass is 449 g/mol. The molecule has 0 fully saturated rings. The molecule has 33 heavy (non-hydrogen) atoms. The van der Waals surface area contributed by atoms with Crippen molar-refractivity contribution in [2.45, 2.75) is 32.2 Å². The van der Waals surface area contributed by atoms with Gasteiger partial charge in [-0.05, 0) is 50.6 Å². The Kier molecular flexibility index (Phi) is 6.45. The number of aryl methyl sites for hydroxylation is 1. The largest absolute Gasteiger partial charge is 0.595 e. The smallest absolute Gasteiger partial charge is 0.319 e. The molecule has 0 spiro atoms. The van der Waals surface area contributed by atoms with Gasteiger partial charge in [0.1, 0.15) is 11.4 Å². The van der Waals surface area contributed by atoms with Gasteiger partial charge < -0.3 is 20.6 Å². The van der Waals surface area contributed by atoms with E-state index in [0.29, 0.717) is 17.8 Å². The fourth-order valence-corrected chi connectivity index (χ4v) is 4.30. The summed E-state index contributed by atoms with van der Waals surface area (Å²) in [5.41, 5.74) is 4.19. The zero-order chi connectivity index (χ0) is 23.5. The van der Waals surface area contributed by atoms with Gasteiger partial charge in [0.25, 0.3) is 0 Å². The number of nitrogens with one attached hydrogen (secondary N) is 3. The lowest BCUT2D eigenvalue weighted by atomic mass is 9.96. The third-order valence-corrected chi connectivity index (χ3v) is 5.83. The number of hydrogen-bond donors (Lipinski definition) is 4. The first kappa shape index (κ1) is 22.5. The Balaban J connectivity index is 1.45. The molecule has 1 heterocycles. The maximum Gasteiger partial charge on any atom is 0.319 e. The number of methoxy groups -OCH3 is 1. The van der Waals surface area contributed by atoms with Crippen LogP contribution in [-0.4, -0.2) is 34.2 Å². The zero-order valence-corrected chi connectivity index (χ0v) is 18.7. The van der Waals surface area contributed by atoms with Crippen molar-refractivity contribution < 1.29 is 20.0 Å². The van der Waals surface area contributed by atoms with Crippen molar-refractivity contribution in [1.82, 2.24) is 15.1 Å². The molecule has 3 unspecified atom stereocenters. The van der Waals surface area contributed by atoms with E-state index in [1.807, 2.05) is 19.9 Å². The number of urea groups is 1. The van der Waals surface area contributed by atoms with Crippen molar-refractivity contribution in [3.05, 3.63) is 82.8 Å². The van der Waals surface area contributed by atoms with E-state index in [1.54, 1.807) is 60.3 Å². The van der Waals surface area contributed by atoms with Gasteiger partial charge in [-0.1, -0.05) is 24.3 Å². The number of para-hydroxylation sites is 2. The molecule has 4 rings (SSSR count). The van der Waals surface area contributed by atoms with Crippen LogP contribution in [0.1, 0.15) is 29.3 Å². The van der Waals surface area contributed by atoms with E-state index >= 15 is 0 Å². The molecule has 1 aliphatic carbocycles. The van der Waals surface area contributed by atoms with Crippen LogP contribution in [-0.2, 0) is 0 Å². The van der Waals surface area contributed by atoms with Crippen molar-refractivity contribution in [2.24, 2.45) is 0 Å². The normalized spacial score (nSPS) is 18.2. The quantitative estimate of drug-likeness (QED) is 0.341. The predicted octanol–water partition coefficient (Wildman–Crippen LogP) is 3.13. The zero-order valence-electron chi connectivity index (χ0n) is 18.7. The molecule has 172 valence electrons. The second-order valence-corrected chi connectivity index (χ2v) is 7.98. The SMILES string of the molecule is COc1ccc(NC(=O)NC2C=CC(c3c(C)nn(-c4ccccc4[NH+]([O-])O)c3C)C2)cc1. The molecule has 9 nitrogen and oxygen atoms in total. The molecule has 2 amide bonds. The number of carbonyl (C=O) groups excluding carboxylic acids is 1. The second-order valence-electron chi connectivity index (χ2n) is 7.98. The molecule has 4 N–H and O–H groups in total. The lowest BCUT2D eigenvalue weighted by molar-refractivity contribution is -0.991. The van der Waals surface area contributed by atoms with Gasteiger partial charge in [0.15, 0.2) is 5.69 Å². The minimum atomic E-state index is -0.993. The van der Waals surface area contributed by atoms with Crippen LogP contribution in [0.3, 0.4) is 0 Å². The van der Waals surface area contributed by atoms with Crippen molar-refractivity contribution >= 4 is 17.4 Å². The lowest BCUT2D eigenvalue weighted by Gasteiger charge is -2.17. The molecule has 1 aromatic heterocycles. The van der Waals surface area contributed by atoms with E-state index in [-0.39, 0.29) is 23.7 Å². The van der Waals surface area contributed by atoms with Crippen molar-refractivity contribution in [1.29, 1.82) is 0 Å². The Labute approximate surface area is 191 Å². The number of ether oxygens (including phenoxy) is 1. The van der Waals surface area contributed by atoms with E-state index in [2.05, 4.69) is 21.8 Å². The summed E-state index contributed by atoms with van der Waals surface area (Å²) in [5, 5.41) is 30.7. The Bertz CT molecular complexity index is 1170. The molecule has 3 aromatic rings. The fourth-order valence-electron chi connectivity index (χ4n) is 4.30. The number of allylic oxidation sites excluding steroid dienone is 1. The van der Waals surface area contributed by atoms with E-state index < -0.39 is 5.23 Å². The first-order chi connectivity index (χ1) is 15.9. The standard InChI is InChI=1S/C24H27N5O4/c1-15-23(16(2)28(27-15)21-6-4-5-7-22(21)29(31)32)17-8-9-19(14-17)26-24(30)25-18-10-12-20(33-3)13-11-18/h4-13,17,19,29,31H,14H2,1-3H3,(H2,25,26,30). The van der Waals surface area contributed by atoms with Crippen molar-refractivity contribution in [3.63, 3.8) is 0 Å². The first-order valence-electron chi connectivity index (χ1n) is 10.7. The van der Waals surface area contributed by atoms with Crippen LogP contribution in [0.15, 0.2) is 60.7 Å². The molecule has 0 bridgehead atoms. The summed E-state index contributed by atoms with van der Waals surface area (Å²) in [7, 11) is 1.59. The number of aromatic nitrogens is 2. The number of benzene rings is 2. The number of hydrogen-bond acceptors (Lipinski definition) is 5. The van der Waals surface area contributed by atoms with Crippen LogP contribution in [0.25, 0.3) is 5.69 Å². The summed E-state index contributed by atoms with van der Waals surface area (Å²) in [6.45, 7) is 3.87. The summed E-state index contributed by atoms with van der Waals surface area (Å²) < 4.78 is 6.82. The second kappa shape index (κ2) is 9.45. The highest BCUT2D eigenvalue weighted by molar-refractivity contribution is 5.89. The average molecular weight is 450 g/mol. The number of nitrogens with zero attached hydrogens (tertiary/aromatic N) is 2. The van der Waals surface area contributed by atoms with Gasteiger partial charge in [-0.3, -0.25) is 0 Å². The highest BCUT2D eigenvalue weighted by atomic mass is 16.8. The molecular formula is C24H27N5O4. The third-order valence-electron chi connectivity index (χ3n) is 5.83. The van der Waals surface area contributed by atoms with Crippen LogP contribution < -0.4 is 20.6 Å². The van der Waals surface area contributed by atoms with Gasteiger partial charge in [-0.2, -0.15) is 10.3 Å². The summed E-state index contributed by atoms with van der Waals surface area (Å²) in [5.74, 6) is 0.793. The summed E-state index contributed by atoms with van der Waals surface area (Å²) in [6, 6.07) is 13.6. The maximum absolute atomic E-state index is 12.4. The molecule has 9 heteroatoms. The Morgan fingerprint density at radius 3 is 2.61 bits per heavy atom. The minimum Gasteiger partial charge on any atom is -0.595 e. The molecule has 3 atom stereocenters. The van der Waals surface area contributed by atoms with E-state index in [1.165, 1.54) is 0 Å². The van der Waals surface area contributed by atoms with E-state index in [9.17, 15) is 15.2 Å². The maximum atomic E-state index is 12.4. The van der Waals surface area contributed by atoms with Gasteiger partial charge in [-0.15, -0.1) is 0 Å². The molecule has 0 aliphatic heterocycles. The fraction of sp³-hybridized carbons (Fsp3) is 0.250. The third kappa shape index (κ3) is 4.75. The summed E-state index contributed by atoms with van der Waals surface area (Å²) in [6.07, 6.45) is 4.76. The van der Waals surface area contributed by atoms with Gasteiger partial charge in [0.05, 0.1) is 12.8 Å². The Morgan fingerprint density at radius 2 is 1.91 bits per heavy atom. The van der Waals surface area contributed by atoms with Crippen LogP contribution in [0.2, 0.25) is 0 Å². The summed E-state index contributed by atoms with van der Waals surface area (Å²) in [4.78, 5) is 12.4. The van der Waals surface area contributed by atoms with Gasteiger partial charge in [0.2, 0.25) is 0 Å². The lowest BCUT2D eigenvalue weighted by Crippen LogP contribution is -2.99. The molecular weight excluding hydrogens is 422 g/mol. The van der Waals surface area contributed by atoms with Crippen LogP contribution in [0.5, 0.6) is 5.75 Å². The van der Waals surface area contributed by atoms with Crippen LogP contribution >= 0.6 is 0 Å². The van der Waals surface area contributed by atoms with Crippen LogP contribution in [0.4, 0.5) is 16.2 Å². The molecule has 2 aromatic carbocycles. The Morgan fingerprint density at radius 1 is 1.18 bits per heavy atom. The molecule has 1 aliphatic rings. The van der Waals surface area contributed by atoms with Crippen molar-refractivity contribution in [2.75, 3.05) is 12.4 Å². The molecule has 0 radical (unpaired) electrons.